The third-order valence-corrected chi connectivity index (χ3v) is 5.54. The van der Waals surface area contributed by atoms with E-state index in [0.29, 0.717) is 6.54 Å². The van der Waals surface area contributed by atoms with Crippen LogP contribution in [-0.2, 0) is 17.6 Å². The summed E-state index contributed by atoms with van der Waals surface area (Å²) in [5.74, 6) is 2.57. The fraction of sp³-hybridized carbons (Fsp3) is 0.579. The highest BCUT2D eigenvalue weighted by molar-refractivity contribution is 14.0. The Morgan fingerprint density at radius 3 is 2.70 bits per heavy atom. The standard InChI is InChI=1S/C19H29N7O2S.HI/c1-4-16-22-19(29-23-16)26-11-9-25(10-12-26)18(21-14-17(27)24(2)3)20-8-7-15-6-5-13-28-15;/h5-6,13H,4,7-12,14H2,1-3H3,(H,20,21);1H. The molecular formula is C19H30IN7O2S. The monoisotopic (exact) mass is 547 g/mol. The lowest BCUT2D eigenvalue weighted by molar-refractivity contribution is -0.127. The zero-order chi connectivity index (χ0) is 20.6. The molecule has 1 saturated heterocycles. The van der Waals surface area contributed by atoms with Crippen molar-refractivity contribution in [2.45, 2.75) is 19.8 Å². The molecule has 2 aromatic heterocycles. The molecular weight excluding hydrogens is 517 g/mol. The summed E-state index contributed by atoms with van der Waals surface area (Å²) in [7, 11) is 3.49. The Kier molecular flexibility index (Phi) is 9.82. The second-order valence-corrected chi connectivity index (χ2v) is 7.74. The largest absolute Gasteiger partial charge is 0.469 e. The fourth-order valence-corrected chi connectivity index (χ4v) is 3.73. The molecule has 0 bridgehead atoms. The molecule has 2 aromatic rings. The lowest BCUT2D eigenvalue weighted by atomic mass is 10.3. The molecule has 0 unspecified atom stereocenters. The topological polar surface area (TPSA) is 90.1 Å². The molecule has 1 N–H and O–H groups in total. The first-order valence-corrected chi connectivity index (χ1v) is 10.7. The van der Waals surface area contributed by atoms with Crippen molar-refractivity contribution in [1.82, 2.24) is 24.5 Å². The van der Waals surface area contributed by atoms with Crippen LogP contribution in [0.1, 0.15) is 18.5 Å². The smallest absolute Gasteiger partial charge is 0.243 e. The van der Waals surface area contributed by atoms with Gasteiger partial charge in [0.05, 0.1) is 6.26 Å². The van der Waals surface area contributed by atoms with Gasteiger partial charge in [-0.1, -0.05) is 6.92 Å². The molecule has 0 spiro atoms. The van der Waals surface area contributed by atoms with Gasteiger partial charge in [-0.25, -0.2) is 9.98 Å². The van der Waals surface area contributed by atoms with Crippen molar-refractivity contribution in [2.24, 2.45) is 4.99 Å². The molecule has 0 saturated carbocycles. The van der Waals surface area contributed by atoms with Crippen molar-refractivity contribution >= 4 is 52.5 Å². The first-order valence-electron chi connectivity index (χ1n) is 9.90. The van der Waals surface area contributed by atoms with Gasteiger partial charge < -0.3 is 24.4 Å². The van der Waals surface area contributed by atoms with E-state index >= 15 is 0 Å². The highest BCUT2D eigenvalue weighted by Gasteiger charge is 2.22. The number of amides is 1. The molecule has 1 aliphatic rings. The number of carbonyl (C=O) groups excluding carboxylic acids is 1. The number of aromatic nitrogens is 2. The average molecular weight is 547 g/mol. The van der Waals surface area contributed by atoms with Crippen molar-refractivity contribution in [3.8, 4) is 0 Å². The van der Waals surface area contributed by atoms with Gasteiger partial charge in [-0.2, -0.15) is 4.37 Å². The van der Waals surface area contributed by atoms with Gasteiger partial charge in [0.15, 0.2) is 5.96 Å². The van der Waals surface area contributed by atoms with Crippen molar-refractivity contribution in [2.75, 3.05) is 58.3 Å². The van der Waals surface area contributed by atoms with Gasteiger partial charge in [0.2, 0.25) is 11.0 Å². The van der Waals surface area contributed by atoms with Crippen LogP contribution in [0.2, 0.25) is 0 Å². The van der Waals surface area contributed by atoms with Crippen LogP contribution in [0.25, 0.3) is 0 Å². The lowest BCUT2D eigenvalue weighted by Crippen LogP contribution is -2.53. The summed E-state index contributed by atoms with van der Waals surface area (Å²) in [6.45, 7) is 6.20. The second kappa shape index (κ2) is 12.1. The Balaban J connectivity index is 0.00000320. The minimum absolute atomic E-state index is 0. The molecule has 30 heavy (non-hydrogen) atoms. The van der Waals surface area contributed by atoms with Gasteiger partial charge in [0.1, 0.15) is 18.1 Å². The summed E-state index contributed by atoms with van der Waals surface area (Å²) in [4.78, 5) is 27.2. The van der Waals surface area contributed by atoms with Crippen LogP contribution >= 0.6 is 35.5 Å². The van der Waals surface area contributed by atoms with Crippen LogP contribution < -0.4 is 10.2 Å². The number of aryl methyl sites for hydroxylation is 1. The van der Waals surface area contributed by atoms with E-state index in [9.17, 15) is 4.79 Å². The number of halogens is 1. The molecule has 3 rings (SSSR count). The first kappa shape index (κ1) is 24.4. The molecule has 0 atom stereocenters. The molecule has 3 heterocycles. The van der Waals surface area contributed by atoms with E-state index in [-0.39, 0.29) is 36.4 Å². The number of carbonyl (C=O) groups is 1. The molecule has 0 radical (unpaired) electrons. The third-order valence-electron chi connectivity index (χ3n) is 4.72. The zero-order valence-corrected chi connectivity index (χ0v) is 20.9. The van der Waals surface area contributed by atoms with Crippen LogP contribution in [0.5, 0.6) is 0 Å². The number of furan rings is 1. The van der Waals surface area contributed by atoms with E-state index in [1.54, 1.807) is 25.3 Å². The van der Waals surface area contributed by atoms with Crippen LogP contribution in [-0.4, -0.2) is 84.4 Å². The Morgan fingerprint density at radius 2 is 2.10 bits per heavy atom. The van der Waals surface area contributed by atoms with Crippen molar-refractivity contribution in [3.63, 3.8) is 0 Å². The number of nitrogens with zero attached hydrogens (tertiary/aromatic N) is 6. The molecule has 9 nitrogen and oxygen atoms in total. The van der Waals surface area contributed by atoms with E-state index in [1.807, 2.05) is 12.1 Å². The number of aliphatic imine (C=N–C) groups is 1. The molecule has 1 amide bonds. The molecule has 11 heteroatoms. The van der Waals surface area contributed by atoms with Crippen LogP contribution in [0, 0.1) is 0 Å². The summed E-state index contributed by atoms with van der Waals surface area (Å²) in [5, 5.41) is 4.37. The Morgan fingerprint density at radius 1 is 1.33 bits per heavy atom. The zero-order valence-electron chi connectivity index (χ0n) is 17.7. The number of guanidine groups is 1. The van der Waals surface area contributed by atoms with E-state index < -0.39 is 0 Å². The van der Waals surface area contributed by atoms with Gasteiger partial charge in [-0.15, -0.1) is 24.0 Å². The highest BCUT2D eigenvalue weighted by Crippen LogP contribution is 2.19. The predicted octanol–water partition coefficient (Wildman–Crippen LogP) is 1.71. The number of hydrogen-bond acceptors (Lipinski definition) is 7. The number of anilines is 1. The molecule has 1 aliphatic heterocycles. The van der Waals surface area contributed by atoms with E-state index in [4.69, 9.17) is 4.42 Å². The van der Waals surface area contributed by atoms with Gasteiger partial charge >= 0.3 is 0 Å². The van der Waals surface area contributed by atoms with Crippen LogP contribution in [0.3, 0.4) is 0 Å². The van der Waals surface area contributed by atoms with Crippen molar-refractivity contribution in [3.05, 3.63) is 30.0 Å². The van der Waals surface area contributed by atoms with Gasteiger partial charge in [-0.3, -0.25) is 4.79 Å². The molecule has 166 valence electrons. The average Bonchev–Trinajstić information content (AvgIpc) is 3.42. The summed E-state index contributed by atoms with van der Waals surface area (Å²) in [6.07, 6.45) is 3.29. The first-order chi connectivity index (χ1) is 14.1. The maximum Gasteiger partial charge on any atom is 0.243 e. The predicted molar refractivity (Wildman–Crippen MR) is 130 cm³/mol. The maximum absolute atomic E-state index is 12.0. The van der Waals surface area contributed by atoms with Crippen molar-refractivity contribution in [1.29, 1.82) is 0 Å². The van der Waals surface area contributed by atoms with Gasteiger partial charge in [0.25, 0.3) is 0 Å². The van der Waals surface area contributed by atoms with Crippen LogP contribution in [0.4, 0.5) is 5.13 Å². The van der Waals surface area contributed by atoms with Gasteiger partial charge in [0, 0.05) is 71.2 Å². The van der Waals surface area contributed by atoms with Gasteiger partial charge in [-0.05, 0) is 12.1 Å². The summed E-state index contributed by atoms with van der Waals surface area (Å²) < 4.78 is 9.77. The van der Waals surface area contributed by atoms with E-state index in [1.165, 1.54) is 11.5 Å². The summed E-state index contributed by atoms with van der Waals surface area (Å²) >= 11 is 1.46. The number of nitrogens with one attached hydrogen (secondary N) is 1. The number of likely N-dealkylation sites (N-methyl/N-ethyl adjacent to an activating group) is 1. The Labute approximate surface area is 198 Å². The Bertz CT molecular complexity index is 802. The summed E-state index contributed by atoms with van der Waals surface area (Å²) in [6, 6.07) is 3.84. The Hall–Kier alpha value is -1.89. The lowest BCUT2D eigenvalue weighted by Gasteiger charge is -2.36. The number of piperazine rings is 1. The van der Waals surface area contributed by atoms with Crippen molar-refractivity contribution < 1.29 is 9.21 Å². The second-order valence-electron chi connectivity index (χ2n) is 7.00. The normalized spacial score (nSPS) is 14.4. The van der Waals surface area contributed by atoms with Crippen LogP contribution in [0.15, 0.2) is 27.8 Å². The molecule has 0 aliphatic carbocycles. The third kappa shape index (κ3) is 6.83. The van der Waals surface area contributed by atoms with E-state index in [0.717, 1.165) is 61.7 Å². The number of hydrogen-bond donors (Lipinski definition) is 1. The van der Waals surface area contributed by atoms with E-state index in [2.05, 4.69) is 36.4 Å². The fourth-order valence-electron chi connectivity index (χ4n) is 2.93. The minimum Gasteiger partial charge on any atom is -0.469 e. The number of rotatable bonds is 7. The highest BCUT2D eigenvalue weighted by atomic mass is 127. The SMILES string of the molecule is CCc1nsc(N2CCN(C(=NCC(=O)N(C)C)NCCc3ccco3)CC2)n1.I. The minimum atomic E-state index is -0.0186. The quantitative estimate of drug-likeness (QED) is 0.321. The molecule has 1 fully saturated rings. The summed E-state index contributed by atoms with van der Waals surface area (Å²) in [5.41, 5.74) is 0. The maximum atomic E-state index is 12.0. The molecule has 0 aromatic carbocycles.